The third-order valence-electron chi connectivity index (χ3n) is 2.43. The lowest BCUT2D eigenvalue weighted by atomic mass is 10.1. The standard InChI is InChI=1S/C10H13N5O/c1-15-10(8(16-2)6-14-15)9(11)7-3-4-12-13-5-7/h3-6,9H,11H2,1-2H3. The number of hydrogen-bond donors (Lipinski definition) is 1. The molecule has 0 aliphatic rings. The van der Waals surface area contributed by atoms with Crippen molar-refractivity contribution in [1.29, 1.82) is 0 Å². The highest BCUT2D eigenvalue weighted by molar-refractivity contribution is 5.34. The SMILES string of the molecule is COc1cnn(C)c1C(N)c1ccnnc1. The Morgan fingerprint density at radius 1 is 1.38 bits per heavy atom. The van der Waals surface area contributed by atoms with Crippen LogP contribution in [0.3, 0.4) is 0 Å². The summed E-state index contributed by atoms with van der Waals surface area (Å²) < 4.78 is 6.91. The van der Waals surface area contributed by atoms with Crippen LogP contribution < -0.4 is 10.5 Å². The van der Waals surface area contributed by atoms with Gasteiger partial charge in [0.05, 0.1) is 25.5 Å². The molecule has 0 aromatic carbocycles. The first-order valence-corrected chi connectivity index (χ1v) is 4.82. The van der Waals surface area contributed by atoms with Crippen LogP contribution in [0.1, 0.15) is 17.3 Å². The van der Waals surface area contributed by atoms with E-state index in [2.05, 4.69) is 15.3 Å². The van der Waals surface area contributed by atoms with Crippen LogP contribution in [0.15, 0.2) is 24.7 Å². The topological polar surface area (TPSA) is 78.9 Å². The summed E-state index contributed by atoms with van der Waals surface area (Å²) >= 11 is 0. The van der Waals surface area contributed by atoms with E-state index in [1.807, 2.05) is 13.1 Å². The molecular weight excluding hydrogens is 206 g/mol. The van der Waals surface area contributed by atoms with Gasteiger partial charge in [-0.1, -0.05) is 0 Å². The number of hydrogen-bond acceptors (Lipinski definition) is 5. The van der Waals surface area contributed by atoms with Crippen LogP contribution in [-0.2, 0) is 7.05 Å². The number of rotatable bonds is 3. The molecule has 0 fully saturated rings. The molecule has 2 aromatic rings. The van der Waals surface area contributed by atoms with Gasteiger partial charge in [-0.05, 0) is 11.6 Å². The molecule has 2 aromatic heterocycles. The molecule has 2 rings (SSSR count). The summed E-state index contributed by atoms with van der Waals surface area (Å²) in [5.41, 5.74) is 7.82. The van der Waals surface area contributed by atoms with Crippen molar-refractivity contribution in [3.05, 3.63) is 35.9 Å². The van der Waals surface area contributed by atoms with Gasteiger partial charge in [-0.3, -0.25) is 4.68 Å². The molecule has 6 heteroatoms. The van der Waals surface area contributed by atoms with E-state index in [0.717, 1.165) is 11.3 Å². The summed E-state index contributed by atoms with van der Waals surface area (Å²) in [6.07, 6.45) is 4.89. The summed E-state index contributed by atoms with van der Waals surface area (Å²) in [5, 5.41) is 11.6. The normalized spacial score (nSPS) is 12.4. The van der Waals surface area contributed by atoms with Crippen LogP contribution in [0.25, 0.3) is 0 Å². The van der Waals surface area contributed by atoms with Crippen molar-refractivity contribution in [2.45, 2.75) is 6.04 Å². The average molecular weight is 219 g/mol. The average Bonchev–Trinajstić information content (AvgIpc) is 2.70. The van der Waals surface area contributed by atoms with Gasteiger partial charge in [-0.2, -0.15) is 15.3 Å². The first kappa shape index (κ1) is 10.6. The molecule has 0 aliphatic heterocycles. The first-order chi connectivity index (χ1) is 7.74. The summed E-state index contributed by atoms with van der Waals surface area (Å²) in [4.78, 5) is 0. The predicted octanol–water partition coefficient (Wildman–Crippen LogP) is 0.267. The highest BCUT2D eigenvalue weighted by Crippen LogP contribution is 2.26. The monoisotopic (exact) mass is 219 g/mol. The van der Waals surface area contributed by atoms with Crippen LogP contribution in [0, 0.1) is 0 Å². The van der Waals surface area contributed by atoms with Crippen LogP contribution in [0.4, 0.5) is 0 Å². The summed E-state index contributed by atoms with van der Waals surface area (Å²) in [6, 6.07) is 1.50. The van der Waals surface area contributed by atoms with Crippen LogP contribution in [0.2, 0.25) is 0 Å². The molecular formula is C10H13N5O. The van der Waals surface area contributed by atoms with E-state index in [9.17, 15) is 0 Å². The van der Waals surface area contributed by atoms with Gasteiger partial charge in [0.1, 0.15) is 5.69 Å². The molecule has 16 heavy (non-hydrogen) atoms. The minimum absolute atomic E-state index is 0.321. The zero-order chi connectivity index (χ0) is 11.5. The van der Waals surface area contributed by atoms with Crippen LogP contribution >= 0.6 is 0 Å². The number of nitrogens with zero attached hydrogens (tertiary/aromatic N) is 4. The number of aromatic nitrogens is 4. The van der Waals surface area contributed by atoms with Gasteiger partial charge in [0, 0.05) is 13.2 Å². The quantitative estimate of drug-likeness (QED) is 0.801. The van der Waals surface area contributed by atoms with E-state index in [4.69, 9.17) is 10.5 Å². The Hall–Kier alpha value is -1.95. The first-order valence-electron chi connectivity index (χ1n) is 4.82. The van der Waals surface area contributed by atoms with Crippen molar-refractivity contribution >= 4 is 0 Å². The zero-order valence-corrected chi connectivity index (χ0v) is 9.16. The van der Waals surface area contributed by atoms with E-state index in [1.54, 1.807) is 30.4 Å². The number of ether oxygens (including phenoxy) is 1. The van der Waals surface area contributed by atoms with Crippen molar-refractivity contribution in [2.24, 2.45) is 12.8 Å². The Balaban J connectivity index is 2.41. The van der Waals surface area contributed by atoms with Crippen molar-refractivity contribution < 1.29 is 4.74 Å². The number of methoxy groups -OCH3 is 1. The second-order valence-corrected chi connectivity index (χ2v) is 3.38. The Bertz CT molecular complexity index is 467. The third-order valence-corrected chi connectivity index (χ3v) is 2.43. The van der Waals surface area contributed by atoms with E-state index in [1.165, 1.54) is 0 Å². The second-order valence-electron chi connectivity index (χ2n) is 3.38. The maximum Gasteiger partial charge on any atom is 0.161 e. The van der Waals surface area contributed by atoms with Gasteiger partial charge < -0.3 is 10.5 Å². The molecule has 0 bridgehead atoms. The molecule has 0 radical (unpaired) electrons. The molecule has 0 aliphatic carbocycles. The van der Waals surface area contributed by atoms with Gasteiger partial charge in [0.2, 0.25) is 0 Å². The fourth-order valence-electron chi connectivity index (χ4n) is 1.58. The van der Waals surface area contributed by atoms with Gasteiger partial charge in [-0.25, -0.2) is 0 Å². The molecule has 0 saturated carbocycles. The molecule has 2 heterocycles. The Kier molecular flexibility index (Phi) is 2.82. The Labute approximate surface area is 93.1 Å². The number of nitrogens with two attached hydrogens (primary N) is 1. The largest absolute Gasteiger partial charge is 0.493 e. The maximum absolute atomic E-state index is 6.13. The smallest absolute Gasteiger partial charge is 0.161 e. The van der Waals surface area contributed by atoms with Gasteiger partial charge in [0.15, 0.2) is 5.75 Å². The third kappa shape index (κ3) is 1.74. The number of aryl methyl sites for hydroxylation is 1. The van der Waals surface area contributed by atoms with E-state index in [-0.39, 0.29) is 6.04 Å². The molecule has 84 valence electrons. The Morgan fingerprint density at radius 2 is 2.19 bits per heavy atom. The maximum atomic E-state index is 6.13. The molecule has 2 N–H and O–H groups in total. The van der Waals surface area contributed by atoms with E-state index < -0.39 is 0 Å². The van der Waals surface area contributed by atoms with Crippen molar-refractivity contribution in [3.63, 3.8) is 0 Å². The fourth-order valence-corrected chi connectivity index (χ4v) is 1.58. The van der Waals surface area contributed by atoms with Crippen LogP contribution in [-0.4, -0.2) is 27.1 Å². The molecule has 0 spiro atoms. The van der Waals surface area contributed by atoms with Gasteiger partial charge in [-0.15, -0.1) is 0 Å². The highest BCUT2D eigenvalue weighted by Gasteiger charge is 2.18. The van der Waals surface area contributed by atoms with Crippen molar-refractivity contribution in [1.82, 2.24) is 20.0 Å². The zero-order valence-electron chi connectivity index (χ0n) is 9.16. The fraction of sp³-hybridized carbons (Fsp3) is 0.300. The minimum Gasteiger partial charge on any atom is -0.493 e. The molecule has 1 unspecified atom stereocenters. The van der Waals surface area contributed by atoms with E-state index in [0.29, 0.717) is 5.75 Å². The molecule has 0 saturated heterocycles. The van der Waals surface area contributed by atoms with Crippen molar-refractivity contribution in [2.75, 3.05) is 7.11 Å². The lowest BCUT2D eigenvalue weighted by molar-refractivity contribution is 0.406. The predicted molar refractivity (Wildman–Crippen MR) is 57.8 cm³/mol. The van der Waals surface area contributed by atoms with E-state index >= 15 is 0 Å². The Morgan fingerprint density at radius 3 is 2.81 bits per heavy atom. The summed E-state index contributed by atoms with van der Waals surface area (Å²) in [6.45, 7) is 0. The van der Waals surface area contributed by atoms with Gasteiger partial charge in [0.25, 0.3) is 0 Å². The minimum atomic E-state index is -0.321. The second kappa shape index (κ2) is 4.28. The summed E-state index contributed by atoms with van der Waals surface area (Å²) in [7, 11) is 3.42. The molecule has 0 amide bonds. The van der Waals surface area contributed by atoms with Crippen LogP contribution in [0.5, 0.6) is 5.75 Å². The van der Waals surface area contributed by atoms with Crippen molar-refractivity contribution in [3.8, 4) is 5.75 Å². The van der Waals surface area contributed by atoms with Gasteiger partial charge >= 0.3 is 0 Å². The highest BCUT2D eigenvalue weighted by atomic mass is 16.5. The summed E-state index contributed by atoms with van der Waals surface area (Å²) in [5.74, 6) is 0.673. The lowest BCUT2D eigenvalue weighted by Gasteiger charge is -2.13. The molecule has 1 atom stereocenters. The lowest BCUT2D eigenvalue weighted by Crippen LogP contribution is -2.17. The molecule has 6 nitrogen and oxygen atoms in total.